The number of amides is 2. The van der Waals surface area contributed by atoms with Gasteiger partial charge in [-0.3, -0.25) is 9.59 Å². The predicted molar refractivity (Wildman–Crippen MR) is 112 cm³/mol. The minimum absolute atomic E-state index is 0.0979. The van der Waals surface area contributed by atoms with Crippen molar-refractivity contribution in [3.63, 3.8) is 0 Å². The lowest BCUT2D eigenvalue weighted by atomic mass is 10.0. The summed E-state index contributed by atoms with van der Waals surface area (Å²) in [6.45, 7) is 7.59. The van der Waals surface area contributed by atoms with Gasteiger partial charge in [0.2, 0.25) is 11.8 Å². The van der Waals surface area contributed by atoms with Crippen molar-refractivity contribution in [2.75, 3.05) is 13.1 Å². The Bertz CT molecular complexity index is 858. The average Bonchev–Trinajstić information content (AvgIpc) is 3.04. The lowest BCUT2D eigenvalue weighted by Crippen LogP contribution is -2.46. The highest BCUT2D eigenvalue weighted by molar-refractivity contribution is 5.96. The van der Waals surface area contributed by atoms with E-state index in [1.165, 1.54) is 0 Å². The van der Waals surface area contributed by atoms with Crippen LogP contribution < -0.4 is 5.32 Å². The SMILES string of the molecule is CCc1oc2ccccc2c1/C=C/C(=O)NC1CCN(C(=O)CC(C)C)CC1. The van der Waals surface area contributed by atoms with Crippen LogP contribution in [0.25, 0.3) is 17.0 Å². The Kier molecular flexibility index (Phi) is 6.55. The number of benzene rings is 1. The van der Waals surface area contributed by atoms with Gasteiger partial charge in [-0.1, -0.05) is 39.0 Å². The molecule has 0 radical (unpaired) electrons. The molecule has 2 aromatic rings. The molecule has 1 fully saturated rings. The van der Waals surface area contributed by atoms with Gasteiger partial charge in [0.05, 0.1) is 0 Å². The van der Waals surface area contributed by atoms with E-state index >= 15 is 0 Å². The average molecular weight is 383 g/mol. The molecular weight excluding hydrogens is 352 g/mol. The number of carbonyl (C=O) groups excluding carboxylic acids is 2. The second-order valence-electron chi connectivity index (χ2n) is 7.88. The molecule has 3 rings (SSSR count). The maximum absolute atomic E-state index is 12.4. The number of likely N-dealkylation sites (tertiary alicyclic amines) is 1. The number of hydrogen-bond donors (Lipinski definition) is 1. The molecule has 2 amide bonds. The van der Waals surface area contributed by atoms with Crippen LogP contribution in [-0.4, -0.2) is 35.8 Å². The summed E-state index contributed by atoms with van der Waals surface area (Å²) in [5.41, 5.74) is 1.82. The second kappa shape index (κ2) is 9.09. The molecular formula is C23H30N2O3. The molecule has 5 nitrogen and oxygen atoms in total. The summed E-state index contributed by atoms with van der Waals surface area (Å²) in [6, 6.07) is 8.00. The van der Waals surface area contributed by atoms with Gasteiger partial charge in [-0.15, -0.1) is 0 Å². The van der Waals surface area contributed by atoms with E-state index < -0.39 is 0 Å². The normalized spacial score (nSPS) is 15.6. The smallest absolute Gasteiger partial charge is 0.244 e. The first-order chi connectivity index (χ1) is 13.5. The van der Waals surface area contributed by atoms with Crippen molar-refractivity contribution in [2.45, 2.75) is 52.5 Å². The molecule has 1 aliphatic heterocycles. The number of para-hydroxylation sites is 1. The van der Waals surface area contributed by atoms with Crippen LogP contribution in [0.2, 0.25) is 0 Å². The second-order valence-corrected chi connectivity index (χ2v) is 7.88. The van der Waals surface area contributed by atoms with Crippen molar-refractivity contribution < 1.29 is 14.0 Å². The Morgan fingerprint density at radius 2 is 1.96 bits per heavy atom. The van der Waals surface area contributed by atoms with Crippen molar-refractivity contribution in [3.8, 4) is 0 Å². The Hall–Kier alpha value is -2.56. The monoisotopic (exact) mass is 382 g/mol. The number of nitrogens with one attached hydrogen (secondary N) is 1. The summed E-state index contributed by atoms with van der Waals surface area (Å²) in [4.78, 5) is 26.5. The van der Waals surface area contributed by atoms with Crippen LogP contribution in [0, 0.1) is 5.92 Å². The Balaban J connectivity index is 1.56. The molecule has 150 valence electrons. The number of piperidine rings is 1. The third-order valence-corrected chi connectivity index (χ3v) is 5.21. The van der Waals surface area contributed by atoms with Crippen molar-refractivity contribution in [2.24, 2.45) is 5.92 Å². The highest BCUT2D eigenvalue weighted by Crippen LogP contribution is 2.27. The molecule has 2 heterocycles. The largest absolute Gasteiger partial charge is 0.460 e. The van der Waals surface area contributed by atoms with Crippen LogP contribution in [0.4, 0.5) is 0 Å². The van der Waals surface area contributed by atoms with Gasteiger partial charge in [0.15, 0.2) is 0 Å². The number of furan rings is 1. The van der Waals surface area contributed by atoms with Crippen molar-refractivity contribution >= 4 is 28.9 Å². The zero-order valence-electron chi connectivity index (χ0n) is 17.0. The number of aryl methyl sites for hydroxylation is 1. The highest BCUT2D eigenvalue weighted by Gasteiger charge is 2.23. The predicted octanol–water partition coefficient (Wildman–Crippen LogP) is 4.16. The van der Waals surface area contributed by atoms with E-state index in [1.807, 2.05) is 42.2 Å². The van der Waals surface area contributed by atoms with Crippen LogP contribution in [0.5, 0.6) is 0 Å². The van der Waals surface area contributed by atoms with E-state index in [0.29, 0.717) is 25.4 Å². The van der Waals surface area contributed by atoms with Gasteiger partial charge in [-0.25, -0.2) is 0 Å². The lowest BCUT2D eigenvalue weighted by molar-refractivity contribution is -0.133. The summed E-state index contributed by atoms with van der Waals surface area (Å²) in [7, 11) is 0. The molecule has 1 saturated heterocycles. The van der Waals surface area contributed by atoms with Gasteiger partial charge in [-0.05, 0) is 30.9 Å². The van der Waals surface area contributed by atoms with Gasteiger partial charge >= 0.3 is 0 Å². The number of rotatable bonds is 6. The first kappa shape index (κ1) is 20.2. The van der Waals surface area contributed by atoms with E-state index in [0.717, 1.165) is 41.6 Å². The first-order valence-electron chi connectivity index (χ1n) is 10.2. The summed E-state index contributed by atoms with van der Waals surface area (Å²) >= 11 is 0. The van der Waals surface area contributed by atoms with E-state index in [4.69, 9.17) is 4.42 Å². The molecule has 1 aliphatic rings. The van der Waals surface area contributed by atoms with Crippen LogP contribution in [0.3, 0.4) is 0 Å². The summed E-state index contributed by atoms with van der Waals surface area (Å²) in [5.74, 6) is 1.39. The molecule has 28 heavy (non-hydrogen) atoms. The topological polar surface area (TPSA) is 62.6 Å². The molecule has 0 bridgehead atoms. The summed E-state index contributed by atoms with van der Waals surface area (Å²) in [5, 5.41) is 4.10. The minimum Gasteiger partial charge on any atom is -0.460 e. The third-order valence-electron chi connectivity index (χ3n) is 5.21. The van der Waals surface area contributed by atoms with Crippen LogP contribution >= 0.6 is 0 Å². The van der Waals surface area contributed by atoms with E-state index in [2.05, 4.69) is 19.2 Å². The lowest BCUT2D eigenvalue weighted by Gasteiger charge is -2.32. The van der Waals surface area contributed by atoms with Crippen LogP contribution in [-0.2, 0) is 16.0 Å². The number of hydrogen-bond acceptors (Lipinski definition) is 3. The number of carbonyl (C=O) groups is 2. The molecule has 0 spiro atoms. The quantitative estimate of drug-likeness (QED) is 0.763. The van der Waals surface area contributed by atoms with Gasteiger partial charge in [-0.2, -0.15) is 0 Å². The summed E-state index contributed by atoms with van der Waals surface area (Å²) < 4.78 is 5.87. The molecule has 0 atom stereocenters. The van der Waals surface area contributed by atoms with Gasteiger partial charge in [0, 0.05) is 49.0 Å². The van der Waals surface area contributed by atoms with Crippen LogP contribution in [0.1, 0.15) is 51.4 Å². The maximum Gasteiger partial charge on any atom is 0.244 e. The Labute approximate surface area is 166 Å². The van der Waals surface area contributed by atoms with Gasteiger partial charge in [0.25, 0.3) is 0 Å². The maximum atomic E-state index is 12.4. The third kappa shape index (κ3) is 4.83. The molecule has 0 saturated carbocycles. The number of nitrogens with zero attached hydrogens (tertiary/aromatic N) is 1. The van der Waals surface area contributed by atoms with Gasteiger partial charge in [0.1, 0.15) is 11.3 Å². The van der Waals surface area contributed by atoms with E-state index in [-0.39, 0.29) is 17.9 Å². The molecule has 1 aromatic heterocycles. The van der Waals surface area contributed by atoms with E-state index in [1.54, 1.807) is 6.08 Å². The fourth-order valence-corrected chi connectivity index (χ4v) is 3.72. The van der Waals surface area contributed by atoms with Gasteiger partial charge < -0.3 is 14.6 Å². The standard InChI is InChI=1S/C23H30N2O3/c1-4-20-19(18-7-5-6-8-21(18)28-20)9-10-22(26)24-17-11-13-25(14-12-17)23(27)15-16(2)3/h5-10,16-17H,4,11-15H2,1-3H3,(H,24,26)/b10-9+. The molecule has 1 aromatic carbocycles. The molecule has 0 aliphatic carbocycles. The Morgan fingerprint density at radius 3 is 2.64 bits per heavy atom. The highest BCUT2D eigenvalue weighted by atomic mass is 16.3. The van der Waals surface area contributed by atoms with Crippen molar-refractivity contribution in [3.05, 3.63) is 41.7 Å². The number of fused-ring (bicyclic) bond motifs is 1. The zero-order valence-corrected chi connectivity index (χ0v) is 17.0. The summed E-state index contributed by atoms with van der Waals surface area (Å²) in [6.07, 6.45) is 6.42. The Morgan fingerprint density at radius 1 is 1.25 bits per heavy atom. The first-order valence-corrected chi connectivity index (χ1v) is 10.2. The zero-order chi connectivity index (χ0) is 20.1. The molecule has 0 unspecified atom stereocenters. The van der Waals surface area contributed by atoms with Crippen LogP contribution in [0.15, 0.2) is 34.8 Å². The fourth-order valence-electron chi connectivity index (χ4n) is 3.72. The molecule has 1 N–H and O–H groups in total. The van der Waals surface area contributed by atoms with Crippen molar-refractivity contribution in [1.82, 2.24) is 10.2 Å². The fraction of sp³-hybridized carbons (Fsp3) is 0.478. The van der Waals surface area contributed by atoms with E-state index in [9.17, 15) is 9.59 Å². The minimum atomic E-state index is -0.0979. The van der Waals surface area contributed by atoms with Crippen molar-refractivity contribution in [1.29, 1.82) is 0 Å². The molecule has 5 heteroatoms.